The highest BCUT2D eigenvalue weighted by molar-refractivity contribution is 5.70. The molecule has 0 saturated carbocycles. The van der Waals surface area contributed by atoms with Crippen LogP contribution in [0.1, 0.15) is 215 Å². The van der Waals surface area contributed by atoms with Crippen LogP contribution in [0.4, 0.5) is 0 Å². The Kier molecular flexibility index (Phi) is 33.6. The van der Waals surface area contributed by atoms with E-state index in [2.05, 4.69) is 46.4 Å². The average molecular weight is 696 g/mol. The number of hydrogen-bond acceptors (Lipinski definition) is 7. The van der Waals surface area contributed by atoms with Crippen molar-refractivity contribution in [2.24, 2.45) is 0 Å². The van der Waals surface area contributed by atoms with Gasteiger partial charge in [-0.05, 0) is 96.7 Å². The second-order valence-electron chi connectivity index (χ2n) is 14.3. The van der Waals surface area contributed by atoms with Crippen molar-refractivity contribution in [1.82, 2.24) is 4.90 Å². The Bertz CT molecular complexity index is 708. The van der Waals surface area contributed by atoms with Gasteiger partial charge in [0.15, 0.2) is 0 Å². The first-order valence-electron chi connectivity index (χ1n) is 21.1. The van der Waals surface area contributed by atoms with Gasteiger partial charge in [0, 0.05) is 19.3 Å². The number of esters is 3. The lowest BCUT2D eigenvalue weighted by molar-refractivity contribution is -0.151. The van der Waals surface area contributed by atoms with Crippen LogP contribution >= 0.6 is 0 Å². The minimum Gasteiger partial charge on any atom is -0.462 e. The third-order valence-corrected chi connectivity index (χ3v) is 9.73. The van der Waals surface area contributed by atoms with E-state index in [0.29, 0.717) is 19.3 Å². The van der Waals surface area contributed by atoms with Crippen molar-refractivity contribution in [2.75, 3.05) is 19.6 Å². The molecule has 0 N–H and O–H groups in total. The normalized spacial score (nSPS) is 11.6. The smallest absolute Gasteiger partial charge is 0.306 e. The first-order chi connectivity index (χ1) is 23.8. The zero-order valence-electron chi connectivity index (χ0n) is 33.3. The molecule has 0 amide bonds. The van der Waals surface area contributed by atoms with Crippen LogP contribution in [0.3, 0.4) is 0 Å². The zero-order valence-corrected chi connectivity index (χ0v) is 33.3. The molecule has 0 atom stereocenters. The van der Waals surface area contributed by atoms with Crippen LogP contribution in [0.15, 0.2) is 0 Å². The number of carbonyl (C=O) groups excluding carboxylic acids is 3. The van der Waals surface area contributed by atoms with Gasteiger partial charge in [-0.3, -0.25) is 14.4 Å². The molecule has 0 aliphatic heterocycles. The molecule has 0 aromatic heterocycles. The van der Waals surface area contributed by atoms with E-state index in [4.69, 9.17) is 14.2 Å². The van der Waals surface area contributed by atoms with Crippen LogP contribution in [0.25, 0.3) is 0 Å². The van der Waals surface area contributed by atoms with Crippen LogP contribution in [0.5, 0.6) is 0 Å². The molecule has 0 bridgehead atoms. The Morgan fingerprint density at radius 3 is 0.980 bits per heavy atom. The van der Waals surface area contributed by atoms with Crippen LogP contribution in [-0.2, 0) is 28.6 Å². The van der Waals surface area contributed by atoms with Gasteiger partial charge in [-0.2, -0.15) is 0 Å². The lowest BCUT2D eigenvalue weighted by atomic mass is 10.0. The maximum Gasteiger partial charge on any atom is 0.306 e. The first kappa shape index (κ1) is 47.4. The summed E-state index contributed by atoms with van der Waals surface area (Å²) in [4.78, 5) is 40.1. The van der Waals surface area contributed by atoms with Gasteiger partial charge in [0.05, 0.1) is 0 Å². The summed E-state index contributed by atoms with van der Waals surface area (Å²) in [6, 6.07) is 0. The molecular formula is C42H81NO6. The Morgan fingerprint density at radius 1 is 0.388 bits per heavy atom. The van der Waals surface area contributed by atoms with E-state index in [9.17, 15) is 14.4 Å². The zero-order chi connectivity index (χ0) is 36.4. The van der Waals surface area contributed by atoms with Crippen molar-refractivity contribution in [3.63, 3.8) is 0 Å². The quantitative estimate of drug-likeness (QED) is 0.0366. The minimum atomic E-state index is -0.0727. The van der Waals surface area contributed by atoms with Crippen LogP contribution in [0, 0.1) is 0 Å². The Hall–Kier alpha value is -1.63. The highest BCUT2D eigenvalue weighted by Crippen LogP contribution is 2.20. The van der Waals surface area contributed by atoms with Gasteiger partial charge in [0.2, 0.25) is 0 Å². The van der Waals surface area contributed by atoms with E-state index in [1.807, 2.05) is 0 Å². The molecular weight excluding hydrogens is 614 g/mol. The molecule has 0 aliphatic rings. The number of ether oxygens (including phenoxy) is 3. The van der Waals surface area contributed by atoms with Crippen LogP contribution in [-0.4, -0.2) is 60.8 Å². The highest BCUT2D eigenvalue weighted by atomic mass is 16.6. The molecule has 0 spiro atoms. The predicted molar refractivity (Wildman–Crippen MR) is 205 cm³/mol. The van der Waals surface area contributed by atoms with E-state index >= 15 is 0 Å². The Morgan fingerprint density at radius 2 is 0.673 bits per heavy atom. The number of nitrogens with zero attached hydrogens (tertiary/aromatic N) is 1. The van der Waals surface area contributed by atoms with E-state index in [0.717, 1.165) is 174 Å². The van der Waals surface area contributed by atoms with Gasteiger partial charge in [-0.15, -0.1) is 0 Å². The van der Waals surface area contributed by atoms with Crippen molar-refractivity contribution in [2.45, 2.75) is 233 Å². The fourth-order valence-corrected chi connectivity index (χ4v) is 6.38. The molecule has 49 heavy (non-hydrogen) atoms. The van der Waals surface area contributed by atoms with Gasteiger partial charge in [0.1, 0.15) is 18.3 Å². The molecule has 7 nitrogen and oxygen atoms in total. The fourth-order valence-electron chi connectivity index (χ4n) is 6.38. The third-order valence-electron chi connectivity index (χ3n) is 9.73. The Balaban J connectivity index is 4.61. The molecule has 0 fully saturated rings. The van der Waals surface area contributed by atoms with Crippen LogP contribution < -0.4 is 0 Å². The minimum absolute atomic E-state index is 0.0499. The molecule has 0 radical (unpaired) electrons. The van der Waals surface area contributed by atoms with Crippen molar-refractivity contribution < 1.29 is 28.6 Å². The lowest BCUT2D eigenvalue weighted by Crippen LogP contribution is -2.24. The van der Waals surface area contributed by atoms with Crippen LogP contribution in [0.2, 0.25) is 0 Å². The van der Waals surface area contributed by atoms with Crippen molar-refractivity contribution in [1.29, 1.82) is 0 Å². The summed E-state index contributed by atoms with van der Waals surface area (Å²) in [5.74, 6) is -0.173. The summed E-state index contributed by atoms with van der Waals surface area (Å²) in [6.45, 7) is 16.2. The molecule has 0 aliphatic carbocycles. The summed E-state index contributed by atoms with van der Waals surface area (Å²) in [5.41, 5.74) is 0. The van der Waals surface area contributed by atoms with Crippen molar-refractivity contribution in [3.05, 3.63) is 0 Å². The number of carbonyl (C=O) groups is 3. The monoisotopic (exact) mass is 696 g/mol. The summed E-state index contributed by atoms with van der Waals surface area (Å²) < 4.78 is 17.6. The standard InChI is InChI=1S/C42H81NO6/c1-7-13-27-37(28-14-8-2)47-40(44)33-23-19-17-21-31-39(49-42(46)35-25-26-36-43(11-5)12-6)32-22-18-20-24-34-41(45)48-38(29-15-9-3)30-16-10-4/h37-39H,7-36H2,1-6H3. The largest absolute Gasteiger partial charge is 0.462 e. The average Bonchev–Trinajstić information content (AvgIpc) is 3.09. The van der Waals surface area contributed by atoms with Crippen molar-refractivity contribution in [3.8, 4) is 0 Å². The molecule has 0 unspecified atom stereocenters. The van der Waals surface area contributed by atoms with E-state index in [-0.39, 0.29) is 36.2 Å². The molecule has 7 heteroatoms. The van der Waals surface area contributed by atoms with Gasteiger partial charge in [-0.25, -0.2) is 0 Å². The number of rotatable bonds is 36. The summed E-state index contributed by atoms with van der Waals surface area (Å²) in [6.07, 6.45) is 25.8. The second-order valence-corrected chi connectivity index (χ2v) is 14.3. The Labute approximate surface area is 303 Å². The van der Waals surface area contributed by atoms with E-state index in [1.54, 1.807) is 0 Å². The van der Waals surface area contributed by atoms with E-state index in [1.165, 1.54) is 0 Å². The number of unbranched alkanes of at least 4 members (excludes halogenated alkanes) is 11. The van der Waals surface area contributed by atoms with E-state index < -0.39 is 0 Å². The lowest BCUT2D eigenvalue weighted by Gasteiger charge is -2.19. The van der Waals surface area contributed by atoms with Crippen molar-refractivity contribution >= 4 is 17.9 Å². The maximum atomic E-state index is 12.8. The molecule has 0 rings (SSSR count). The molecule has 0 aromatic carbocycles. The fraction of sp³-hybridized carbons (Fsp3) is 0.929. The molecule has 0 saturated heterocycles. The topological polar surface area (TPSA) is 82.1 Å². The summed E-state index contributed by atoms with van der Waals surface area (Å²) >= 11 is 0. The SMILES string of the molecule is CCCCC(CCCC)OC(=O)CCCCCCC(CCCCCCC(=O)OC(CCCC)CCCC)OC(=O)CCCCN(CC)CC. The molecule has 0 aromatic rings. The second kappa shape index (κ2) is 34.8. The first-order valence-corrected chi connectivity index (χ1v) is 21.1. The van der Waals surface area contributed by atoms with Gasteiger partial charge in [-0.1, -0.05) is 119 Å². The third kappa shape index (κ3) is 29.8. The van der Waals surface area contributed by atoms with Gasteiger partial charge >= 0.3 is 17.9 Å². The van der Waals surface area contributed by atoms with Gasteiger partial charge in [0.25, 0.3) is 0 Å². The number of hydrogen-bond donors (Lipinski definition) is 0. The molecule has 0 heterocycles. The summed E-state index contributed by atoms with van der Waals surface area (Å²) in [7, 11) is 0. The predicted octanol–water partition coefficient (Wildman–Crippen LogP) is 11.7. The molecule has 290 valence electrons. The maximum absolute atomic E-state index is 12.8. The highest BCUT2D eigenvalue weighted by Gasteiger charge is 2.17. The van der Waals surface area contributed by atoms with Gasteiger partial charge < -0.3 is 19.1 Å². The summed E-state index contributed by atoms with van der Waals surface area (Å²) in [5, 5.41) is 0.